The van der Waals surface area contributed by atoms with Crippen molar-refractivity contribution in [3.05, 3.63) is 63.6 Å². The van der Waals surface area contributed by atoms with Gasteiger partial charge >= 0.3 is 0 Å². The number of amides is 2. The fraction of sp³-hybridized carbons (Fsp3) is 0.364. The van der Waals surface area contributed by atoms with Crippen LogP contribution in [0.3, 0.4) is 0 Å². The topological polar surface area (TPSA) is 86.8 Å². The molecule has 2 aromatic rings. The third-order valence-corrected chi connectivity index (χ3v) is 7.34. The van der Waals surface area contributed by atoms with E-state index < -0.39 is 28.5 Å². The van der Waals surface area contributed by atoms with Crippen molar-refractivity contribution in [2.45, 2.75) is 44.3 Å². The fourth-order valence-corrected chi connectivity index (χ4v) is 4.44. The monoisotopic (exact) mass is 543 g/mol. The van der Waals surface area contributed by atoms with Crippen LogP contribution >= 0.6 is 27.5 Å². The van der Waals surface area contributed by atoms with E-state index in [9.17, 15) is 18.0 Å². The van der Waals surface area contributed by atoms with E-state index in [4.69, 9.17) is 11.6 Å². The molecule has 0 heterocycles. The second-order valence-electron chi connectivity index (χ2n) is 7.70. The number of rotatable bonds is 9. The number of halogens is 2. The molecule has 0 aliphatic rings. The van der Waals surface area contributed by atoms with Crippen LogP contribution in [0.5, 0.6) is 0 Å². The lowest BCUT2D eigenvalue weighted by atomic mass is 10.1. The van der Waals surface area contributed by atoms with Crippen LogP contribution in [-0.2, 0) is 26.2 Å². The number of nitrogens with zero attached hydrogens (tertiary/aromatic N) is 2. The highest BCUT2D eigenvalue weighted by Gasteiger charge is 2.30. The van der Waals surface area contributed by atoms with Crippen LogP contribution in [0.25, 0.3) is 0 Å². The van der Waals surface area contributed by atoms with E-state index >= 15 is 0 Å². The van der Waals surface area contributed by atoms with E-state index in [1.54, 1.807) is 6.92 Å². The summed E-state index contributed by atoms with van der Waals surface area (Å²) in [7, 11) is -2.58. The molecule has 0 unspecified atom stereocenters. The van der Waals surface area contributed by atoms with Gasteiger partial charge in [0.15, 0.2) is 0 Å². The van der Waals surface area contributed by atoms with Gasteiger partial charge in [0.2, 0.25) is 21.8 Å². The second kappa shape index (κ2) is 11.3. The molecular formula is C22H27BrClN3O4S. The number of carbonyl (C=O) groups is 2. The van der Waals surface area contributed by atoms with Gasteiger partial charge in [-0.15, -0.1) is 0 Å². The molecule has 7 nitrogen and oxygen atoms in total. The van der Waals surface area contributed by atoms with Gasteiger partial charge in [0.25, 0.3) is 0 Å². The SMILES string of the molecule is CC(C)NC(=O)[C@@H](C)N(Cc1ccc(Br)cc1)C(=O)CN(C)S(=O)(=O)c1ccc(Cl)cc1. The predicted molar refractivity (Wildman–Crippen MR) is 129 cm³/mol. The van der Waals surface area contributed by atoms with E-state index in [-0.39, 0.29) is 23.4 Å². The van der Waals surface area contributed by atoms with Gasteiger partial charge in [0, 0.05) is 29.1 Å². The lowest BCUT2D eigenvalue weighted by molar-refractivity contribution is -0.140. The van der Waals surface area contributed by atoms with Crippen molar-refractivity contribution in [1.29, 1.82) is 0 Å². The molecule has 0 radical (unpaired) electrons. The van der Waals surface area contributed by atoms with E-state index in [1.165, 1.54) is 36.2 Å². The molecule has 2 aromatic carbocycles. The number of nitrogens with one attached hydrogen (secondary N) is 1. The van der Waals surface area contributed by atoms with Crippen LogP contribution in [0.2, 0.25) is 5.02 Å². The summed E-state index contributed by atoms with van der Waals surface area (Å²) in [6.45, 7) is 5.03. The molecule has 0 aromatic heterocycles. The summed E-state index contributed by atoms with van der Waals surface area (Å²) in [4.78, 5) is 27.2. The standard InChI is InChI=1S/C22H27BrClN3O4S/c1-15(2)25-22(29)16(3)27(13-17-5-7-18(23)8-6-17)21(28)14-26(4)32(30,31)20-11-9-19(24)10-12-20/h5-12,15-16H,13-14H2,1-4H3,(H,25,29)/t16-/m1/s1. The first-order valence-electron chi connectivity index (χ1n) is 9.98. The Balaban J connectivity index is 2.26. The highest BCUT2D eigenvalue weighted by molar-refractivity contribution is 9.10. The van der Waals surface area contributed by atoms with Crippen molar-refractivity contribution in [2.24, 2.45) is 0 Å². The van der Waals surface area contributed by atoms with Gasteiger partial charge in [0.05, 0.1) is 11.4 Å². The maximum Gasteiger partial charge on any atom is 0.243 e. The molecule has 0 saturated carbocycles. The van der Waals surface area contributed by atoms with E-state index in [0.29, 0.717) is 5.02 Å². The Kier molecular flexibility index (Phi) is 9.27. The zero-order valence-corrected chi connectivity index (χ0v) is 21.5. The molecule has 0 aliphatic heterocycles. The molecule has 32 heavy (non-hydrogen) atoms. The van der Waals surface area contributed by atoms with Crippen LogP contribution in [0.15, 0.2) is 57.9 Å². The van der Waals surface area contributed by atoms with Crippen molar-refractivity contribution < 1.29 is 18.0 Å². The first kappa shape index (κ1) is 26.3. The molecule has 0 fully saturated rings. The third kappa shape index (κ3) is 7.03. The Morgan fingerprint density at radius 3 is 2.12 bits per heavy atom. The average Bonchev–Trinajstić information content (AvgIpc) is 2.72. The van der Waals surface area contributed by atoms with Crippen LogP contribution in [0, 0.1) is 0 Å². The third-order valence-electron chi connectivity index (χ3n) is 4.74. The van der Waals surface area contributed by atoms with Gasteiger partial charge in [-0.2, -0.15) is 4.31 Å². The van der Waals surface area contributed by atoms with Crippen LogP contribution in [-0.4, -0.2) is 55.1 Å². The summed E-state index contributed by atoms with van der Waals surface area (Å²) < 4.78 is 27.6. The highest BCUT2D eigenvalue weighted by atomic mass is 79.9. The Morgan fingerprint density at radius 2 is 1.59 bits per heavy atom. The molecule has 0 bridgehead atoms. The second-order valence-corrected chi connectivity index (χ2v) is 11.1. The number of sulfonamides is 1. The van der Waals surface area contributed by atoms with Crippen molar-refractivity contribution in [2.75, 3.05) is 13.6 Å². The molecule has 2 rings (SSSR count). The van der Waals surface area contributed by atoms with Gasteiger partial charge in [-0.05, 0) is 62.7 Å². The molecule has 0 aliphatic carbocycles. The number of benzene rings is 2. The van der Waals surface area contributed by atoms with Gasteiger partial charge < -0.3 is 10.2 Å². The summed E-state index contributed by atoms with van der Waals surface area (Å²) in [5, 5.41) is 3.21. The zero-order valence-electron chi connectivity index (χ0n) is 18.4. The lowest BCUT2D eigenvalue weighted by Crippen LogP contribution is -2.51. The first-order valence-corrected chi connectivity index (χ1v) is 12.6. The normalized spacial score (nSPS) is 12.6. The van der Waals surface area contributed by atoms with Gasteiger partial charge in [0.1, 0.15) is 6.04 Å². The maximum absolute atomic E-state index is 13.2. The van der Waals surface area contributed by atoms with Crippen LogP contribution < -0.4 is 5.32 Å². The van der Waals surface area contributed by atoms with Crippen molar-refractivity contribution in [3.8, 4) is 0 Å². The van der Waals surface area contributed by atoms with E-state index in [2.05, 4.69) is 21.2 Å². The number of likely N-dealkylation sites (N-methyl/N-ethyl adjacent to an activating group) is 1. The number of hydrogen-bond donors (Lipinski definition) is 1. The summed E-state index contributed by atoms with van der Waals surface area (Å²) in [6.07, 6.45) is 0. The summed E-state index contributed by atoms with van der Waals surface area (Å²) in [6, 6.07) is 12.2. The van der Waals surface area contributed by atoms with Crippen molar-refractivity contribution in [1.82, 2.24) is 14.5 Å². The molecular weight excluding hydrogens is 518 g/mol. The first-order chi connectivity index (χ1) is 14.9. The van der Waals surface area contributed by atoms with Crippen LogP contribution in [0.1, 0.15) is 26.3 Å². The summed E-state index contributed by atoms with van der Waals surface area (Å²) >= 11 is 9.22. The number of carbonyl (C=O) groups excluding carboxylic acids is 2. The van der Waals surface area contributed by atoms with Crippen molar-refractivity contribution in [3.63, 3.8) is 0 Å². The van der Waals surface area contributed by atoms with E-state index in [1.807, 2.05) is 38.1 Å². The molecule has 2 amide bonds. The van der Waals surface area contributed by atoms with Gasteiger partial charge in [-0.25, -0.2) is 8.42 Å². The van der Waals surface area contributed by atoms with Gasteiger partial charge in [-0.1, -0.05) is 39.7 Å². The minimum absolute atomic E-state index is 0.0299. The molecule has 1 atom stereocenters. The smallest absolute Gasteiger partial charge is 0.243 e. The Labute approximate surface area is 202 Å². The molecule has 0 saturated heterocycles. The molecule has 0 spiro atoms. The van der Waals surface area contributed by atoms with Crippen molar-refractivity contribution >= 4 is 49.4 Å². The minimum atomic E-state index is -3.91. The average molecular weight is 545 g/mol. The zero-order chi connectivity index (χ0) is 24.1. The predicted octanol–water partition coefficient (Wildman–Crippen LogP) is 3.66. The summed E-state index contributed by atoms with van der Waals surface area (Å²) in [5.74, 6) is -0.798. The largest absolute Gasteiger partial charge is 0.352 e. The summed E-state index contributed by atoms with van der Waals surface area (Å²) in [5.41, 5.74) is 0.814. The number of hydrogen-bond acceptors (Lipinski definition) is 4. The lowest BCUT2D eigenvalue weighted by Gasteiger charge is -2.30. The molecule has 174 valence electrons. The van der Waals surface area contributed by atoms with E-state index in [0.717, 1.165) is 14.3 Å². The highest BCUT2D eigenvalue weighted by Crippen LogP contribution is 2.19. The fourth-order valence-electron chi connectivity index (χ4n) is 2.93. The quantitative estimate of drug-likeness (QED) is 0.522. The Hall–Kier alpha value is -1.94. The van der Waals surface area contributed by atoms with Gasteiger partial charge in [-0.3, -0.25) is 9.59 Å². The Morgan fingerprint density at radius 1 is 1.03 bits per heavy atom. The molecule has 10 heteroatoms. The molecule has 1 N–H and O–H groups in total. The van der Waals surface area contributed by atoms with Crippen LogP contribution in [0.4, 0.5) is 0 Å². The minimum Gasteiger partial charge on any atom is -0.352 e. The maximum atomic E-state index is 13.2. The Bertz CT molecular complexity index is 1040.